The molecule has 0 saturated carbocycles. The van der Waals surface area contributed by atoms with E-state index >= 15 is 0 Å². The Labute approximate surface area is 365 Å². The van der Waals surface area contributed by atoms with Crippen LogP contribution in [-0.2, 0) is 30.3 Å². The lowest BCUT2D eigenvalue weighted by molar-refractivity contribution is -0.126. The zero-order valence-electron chi connectivity index (χ0n) is 37.5. The molecule has 0 spiro atoms. The third-order valence-electron chi connectivity index (χ3n) is 9.64. The number of aryl methyl sites for hydroxylation is 1. The van der Waals surface area contributed by atoms with E-state index in [0.717, 1.165) is 69.4 Å². The lowest BCUT2D eigenvalue weighted by atomic mass is 10.0. The maximum Gasteiger partial charge on any atom is 0.407 e. The summed E-state index contributed by atoms with van der Waals surface area (Å²) in [5.74, 6) is 2.23. The summed E-state index contributed by atoms with van der Waals surface area (Å²) in [5, 5.41) is 9.27. The van der Waals surface area contributed by atoms with Gasteiger partial charge in [0, 0.05) is 24.5 Å². The number of H-pyrrole nitrogens is 2. The SMILES string of the molecule is CCC.CN1CCCC1c1nc2ccccc2[nH]1.CNCC(=O)NCCCCc1nc2ccc(-c3ccc4ncccc4c3)cc2[nH]1.COC(=O)NC(C=O)C(C)C.COC=O. The van der Waals surface area contributed by atoms with Crippen molar-refractivity contribution in [2.45, 2.75) is 78.3 Å². The number of hydrogen-bond acceptors (Lipinski definition) is 11. The number of para-hydroxylation sites is 2. The van der Waals surface area contributed by atoms with Crippen molar-refractivity contribution in [2.24, 2.45) is 5.92 Å². The maximum atomic E-state index is 11.4. The summed E-state index contributed by atoms with van der Waals surface area (Å²) in [6.45, 7) is 10.5. The number of likely N-dealkylation sites (N-methyl/N-ethyl adjacent to an activating group) is 1. The summed E-state index contributed by atoms with van der Waals surface area (Å²) in [6, 6.07) is 25.0. The number of unbranched alkanes of at least 4 members (excludes halogenated alkanes) is 1. The fourth-order valence-corrected chi connectivity index (χ4v) is 6.42. The number of alkyl carbamates (subject to hydrolysis) is 1. The molecular formula is C47H65N9O6. The Morgan fingerprint density at radius 3 is 2.23 bits per heavy atom. The van der Waals surface area contributed by atoms with Gasteiger partial charge < -0.3 is 40.2 Å². The van der Waals surface area contributed by atoms with Crippen molar-refractivity contribution < 1.29 is 28.7 Å². The zero-order valence-corrected chi connectivity index (χ0v) is 37.5. The van der Waals surface area contributed by atoms with E-state index in [-0.39, 0.29) is 11.8 Å². The summed E-state index contributed by atoms with van der Waals surface area (Å²) < 4.78 is 8.18. The van der Waals surface area contributed by atoms with Crippen molar-refractivity contribution in [2.75, 3.05) is 47.9 Å². The van der Waals surface area contributed by atoms with Gasteiger partial charge in [-0.3, -0.25) is 19.5 Å². The number of pyridine rings is 1. The third-order valence-corrected chi connectivity index (χ3v) is 9.64. The van der Waals surface area contributed by atoms with E-state index in [9.17, 15) is 14.4 Å². The summed E-state index contributed by atoms with van der Waals surface area (Å²) in [6.07, 6.45) is 8.46. The van der Waals surface area contributed by atoms with Gasteiger partial charge in [0.05, 0.1) is 60.4 Å². The number of methoxy groups -OCH3 is 2. The lowest BCUT2D eigenvalue weighted by Crippen LogP contribution is -2.39. The number of imidazole rings is 2. The first-order chi connectivity index (χ1) is 30.0. The molecule has 1 saturated heterocycles. The first kappa shape index (κ1) is 50.2. The molecule has 15 nitrogen and oxygen atoms in total. The van der Waals surface area contributed by atoms with Gasteiger partial charge >= 0.3 is 6.09 Å². The second-order valence-corrected chi connectivity index (χ2v) is 15.0. The van der Waals surface area contributed by atoms with Gasteiger partial charge in [-0.05, 0) is 106 Å². The van der Waals surface area contributed by atoms with Crippen molar-refractivity contribution in [3.8, 4) is 11.1 Å². The standard InChI is InChI=1S/C23H25N5O.C12H15N3.C7H13NO3.C3H8.C2H4O2/c1-24-15-23(29)26-11-3-2-6-22-27-20-10-8-17(14-21(20)28-22)16-7-9-19-18(13-16)5-4-12-25-19;1-15-8-4-7-11(15)12-13-9-5-2-3-6-10(9)14-12;1-5(2)6(4-9)8-7(10)11-3;1-3-2;1-4-2-3/h4-5,7-10,12-14,24H,2-3,6,11,15H2,1H3,(H,26,29)(H,27,28);2-3,5-6,11H,4,7-8H2,1H3,(H,13,14);4-6H,1-3H3,(H,8,10);3H2,1-2H3;2H,1H3. The summed E-state index contributed by atoms with van der Waals surface area (Å²) in [5.41, 5.74) is 7.58. The van der Waals surface area contributed by atoms with Gasteiger partial charge in [-0.2, -0.15) is 0 Å². The van der Waals surface area contributed by atoms with Crippen molar-refractivity contribution in [3.05, 3.63) is 90.6 Å². The van der Waals surface area contributed by atoms with Crippen LogP contribution in [0.1, 0.15) is 77.5 Å². The third kappa shape index (κ3) is 16.3. The number of aromatic amines is 2. The summed E-state index contributed by atoms with van der Waals surface area (Å²) >= 11 is 0. The van der Waals surface area contributed by atoms with Gasteiger partial charge in [-0.15, -0.1) is 0 Å². The number of carbonyl (C=O) groups excluding carboxylic acids is 4. The molecule has 0 aliphatic carbocycles. The monoisotopic (exact) mass is 852 g/mol. The quantitative estimate of drug-likeness (QED) is 0.0569. The molecule has 334 valence electrons. The normalized spacial score (nSPS) is 13.5. The van der Waals surface area contributed by atoms with Crippen LogP contribution in [0.25, 0.3) is 44.1 Å². The van der Waals surface area contributed by atoms with E-state index < -0.39 is 12.1 Å². The Kier molecular flexibility index (Phi) is 22.3. The molecule has 4 heterocycles. The largest absolute Gasteiger partial charge is 0.471 e. The van der Waals surface area contributed by atoms with Crippen LogP contribution in [0.4, 0.5) is 4.79 Å². The van der Waals surface area contributed by atoms with Crippen molar-refractivity contribution in [1.82, 2.24) is 45.8 Å². The first-order valence-corrected chi connectivity index (χ1v) is 21.2. The van der Waals surface area contributed by atoms with Gasteiger partial charge in [0.25, 0.3) is 6.47 Å². The number of benzene rings is 3. The Morgan fingerprint density at radius 2 is 1.60 bits per heavy atom. The molecule has 3 aromatic heterocycles. The molecule has 5 N–H and O–H groups in total. The fraction of sp³-hybridized carbons (Fsp3) is 0.426. The Bertz CT molecular complexity index is 2220. The number of ether oxygens (including phenoxy) is 2. The van der Waals surface area contributed by atoms with Crippen LogP contribution in [-0.4, -0.2) is 109 Å². The van der Waals surface area contributed by atoms with E-state index in [1.165, 1.54) is 45.6 Å². The number of nitrogens with one attached hydrogen (secondary N) is 5. The molecular weight excluding hydrogens is 787 g/mol. The Balaban J connectivity index is 0.000000258. The first-order valence-electron chi connectivity index (χ1n) is 21.2. The average molecular weight is 852 g/mol. The molecule has 7 rings (SSSR count). The van der Waals surface area contributed by atoms with Gasteiger partial charge in [0.15, 0.2) is 0 Å². The van der Waals surface area contributed by atoms with Crippen molar-refractivity contribution >= 4 is 57.7 Å². The van der Waals surface area contributed by atoms with Crippen LogP contribution < -0.4 is 16.0 Å². The summed E-state index contributed by atoms with van der Waals surface area (Å²) in [7, 11) is 6.51. The van der Waals surface area contributed by atoms with Crippen molar-refractivity contribution in [3.63, 3.8) is 0 Å². The predicted octanol–water partition coefficient (Wildman–Crippen LogP) is 7.54. The zero-order chi connectivity index (χ0) is 45.3. The molecule has 15 heteroatoms. The van der Waals surface area contributed by atoms with Crippen LogP contribution in [0.5, 0.6) is 0 Å². The molecule has 0 bridgehead atoms. The highest BCUT2D eigenvalue weighted by Crippen LogP contribution is 2.30. The number of hydrogen-bond donors (Lipinski definition) is 5. The van der Waals surface area contributed by atoms with Crippen LogP contribution in [0, 0.1) is 5.92 Å². The number of aldehydes is 1. The average Bonchev–Trinajstić information content (AvgIpc) is 4.03. The summed E-state index contributed by atoms with van der Waals surface area (Å²) in [4.78, 5) is 64.3. The number of carbonyl (C=O) groups is 4. The number of aromatic nitrogens is 5. The number of rotatable bonds is 13. The molecule has 2 amide bonds. The molecule has 1 aliphatic rings. The predicted molar refractivity (Wildman–Crippen MR) is 247 cm³/mol. The molecule has 0 radical (unpaired) electrons. The number of fused-ring (bicyclic) bond motifs is 3. The van der Waals surface area contributed by atoms with E-state index in [2.05, 4.69) is 126 Å². The van der Waals surface area contributed by atoms with Crippen molar-refractivity contribution in [1.29, 1.82) is 0 Å². The van der Waals surface area contributed by atoms with Crippen LogP contribution in [0.15, 0.2) is 79.0 Å². The highest BCUT2D eigenvalue weighted by molar-refractivity contribution is 5.87. The van der Waals surface area contributed by atoms with Gasteiger partial charge in [-0.1, -0.05) is 64.4 Å². The van der Waals surface area contributed by atoms with Crippen LogP contribution in [0.2, 0.25) is 0 Å². The van der Waals surface area contributed by atoms with Crippen LogP contribution >= 0.6 is 0 Å². The van der Waals surface area contributed by atoms with E-state index in [0.29, 0.717) is 31.9 Å². The fourth-order valence-electron chi connectivity index (χ4n) is 6.42. The highest BCUT2D eigenvalue weighted by Gasteiger charge is 2.25. The smallest absolute Gasteiger partial charge is 0.407 e. The lowest BCUT2D eigenvalue weighted by Gasteiger charge is -2.16. The van der Waals surface area contributed by atoms with E-state index in [1.54, 1.807) is 7.05 Å². The van der Waals surface area contributed by atoms with Gasteiger partial charge in [0.1, 0.15) is 17.9 Å². The molecule has 2 atom stereocenters. The molecule has 62 heavy (non-hydrogen) atoms. The Hall–Kier alpha value is -6.19. The number of amides is 2. The van der Waals surface area contributed by atoms with Crippen LogP contribution in [0.3, 0.4) is 0 Å². The van der Waals surface area contributed by atoms with Gasteiger partial charge in [0.2, 0.25) is 5.91 Å². The number of nitrogens with zero attached hydrogens (tertiary/aromatic N) is 4. The topological polar surface area (TPSA) is 196 Å². The molecule has 2 unspecified atom stereocenters. The minimum atomic E-state index is -0.573. The van der Waals surface area contributed by atoms with E-state index in [1.807, 2.05) is 38.2 Å². The highest BCUT2D eigenvalue weighted by atomic mass is 16.5. The van der Waals surface area contributed by atoms with E-state index in [4.69, 9.17) is 9.78 Å². The molecule has 3 aromatic carbocycles. The second-order valence-electron chi connectivity index (χ2n) is 15.0. The second kappa shape index (κ2) is 27.6. The molecule has 1 aliphatic heterocycles. The Morgan fingerprint density at radius 1 is 0.903 bits per heavy atom. The van der Waals surface area contributed by atoms with Gasteiger partial charge in [-0.25, -0.2) is 14.8 Å². The minimum absolute atomic E-state index is 0.0354. The maximum absolute atomic E-state index is 11.4. The number of likely N-dealkylation sites (tertiary alicyclic amines) is 1. The molecule has 1 fully saturated rings. The molecule has 6 aromatic rings. The minimum Gasteiger partial charge on any atom is -0.471 e.